The lowest BCUT2D eigenvalue weighted by molar-refractivity contribution is 0.0142. The maximum absolute atomic E-state index is 10.9. The SMILES string of the molecule is CCC(OC)(c1ccc(C=O)cc1)c1nc(-c2ccccc2)oc1C. The number of methoxy groups -OCH3 is 1. The van der Waals surface area contributed by atoms with Gasteiger partial charge in [0.15, 0.2) is 0 Å². The largest absolute Gasteiger partial charge is 0.441 e. The van der Waals surface area contributed by atoms with Gasteiger partial charge in [-0.3, -0.25) is 4.79 Å². The molecule has 4 nitrogen and oxygen atoms in total. The maximum atomic E-state index is 10.9. The molecule has 1 atom stereocenters. The third-order valence-electron chi connectivity index (χ3n) is 4.56. The number of oxazole rings is 1. The molecule has 0 spiro atoms. The Balaban J connectivity index is 2.11. The normalized spacial score (nSPS) is 13.4. The van der Waals surface area contributed by atoms with Gasteiger partial charge in [0.2, 0.25) is 5.89 Å². The highest BCUT2D eigenvalue weighted by Crippen LogP contribution is 2.39. The van der Waals surface area contributed by atoms with E-state index in [1.165, 1.54) is 0 Å². The van der Waals surface area contributed by atoms with Crippen LogP contribution in [0.15, 0.2) is 59.0 Å². The number of carbonyl (C=O) groups excluding carboxylic acids is 1. The van der Waals surface area contributed by atoms with Crippen LogP contribution in [0.3, 0.4) is 0 Å². The molecule has 0 N–H and O–H groups in total. The zero-order chi connectivity index (χ0) is 17.9. The van der Waals surface area contributed by atoms with E-state index in [2.05, 4.69) is 0 Å². The molecule has 0 aliphatic carbocycles. The summed E-state index contributed by atoms with van der Waals surface area (Å²) < 4.78 is 11.9. The molecule has 4 heteroatoms. The van der Waals surface area contributed by atoms with E-state index < -0.39 is 5.60 Å². The van der Waals surface area contributed by atoms with Crippen molar-refractivity contribution in [3.63, 3.8) is 0 Å². The summed E-state index contributed by atoms with van der Waals surface area (Å²) in [6.07, 6.45) is 1.52. The molecule has 1 unspecified atom stereocenters. The van der Waals surface area contributed by atoms with Crippen molar-refractivity contribution < 1.29 is 13.9 Å². The number of aromatic nitrogens is 1. The van der Waals surface area contributed by atoms with Crippen LogP contribution in [-0.2, 0) is 10.3 Å². The number of hydrogen-bond acceptors (Lipinski definition) is 4. The predicted octanol–water partition coefficient (Wildman–Crippen LogP) is 4.76. The summed E-state index contributed by atoms with van der Waals surface area (Å²) in [4.78, 5) is 15.7. The molecule has 3 aromatic rings. The molecule has 0 bridgehead atoms. The zero-order valence-electron chi connectivity index (χ0n) is 14.7. The molecule has 25 heavy (non-hydrogen) atoms. The lowest BCUT2D eigenvalue weighted by atomic mass is 9.86. The molecule has 2 aromatic carbocycles. The van der Waals surface area contributed by atoms with E-state index in [0.29, 0.717) is 17.9 Å². The summed E-state index contributed by atoms with van der Waals surface area (Å²) >= 11 is 0. The van der Waals surface area contributed by atoms with E-state index in [0.717, 1.165) is 28.9 Å². The Bertz CT molecular complexity index is 847. The van der Waals surface area contributed by atoms with Gasteiger partial charge in [0, 0.05) is 18.2 Å². The molecule has 1 aromatic heterocycles. The van der Waals surface area contributed by atoms with E-state index in [9.17, 15) is 4.79 Å². The molecular formula is C21H21NO3. The van der Waals surface area contributed by atoms with Gasteiger partial charge in [0.25, 0.3) is 0 Å². The molecule has 0 radical (unpaired) electrons. The molecular weight excluding hydrogens is 314 g/mol. The number of aryl methyl sites for hydroxylation is 1. The molecule has 0 amide bonds. The van der Waals surface area contributed by atoms with E-state index >= 15 is 0 Å². The van der Waals surface area contributed by atoms with Gasteiger partial charge in [-0.15, -0.1) is 0 Å². The van der Waals surface area contributed by atoms with Gasteiger partial charge in [-0.1, -0.05) is 49.4 Å². The summed E-state index contributed by atoms with van der Waals surface area (Å²) in [5.41, 5.74) is 2.54. The number of rotatable bonds is 6. The Morgan fingerprint density at radius 3 is 2.36 bits per heavy atom. The third-order valence-corrected chi connectivity index (χ3v) is 4.56. The Morgan fingerprint density at radius 2 is 1.80 bits per heavy atom. The lowest BCUT2D eigenvalue weighted by Gasteiger charge is -2.30. The topological polar surface area (TPSA) is 52.3 Å². The molecule has 128 valence electrons. The number of hydrogen-bond donors (Lipinski definition) is 0. The monoisotopic (exact) mass is 335 g/mol. The van der Waals surface area contributed by atoms with E-state index in [-0.39, 0.29) is 0 Å². The van der Waals surface area contributed by atoms with Crippen LogP contribution in [0.25, 0.3) is 11.5 Å². The van der Waals surface area contributed by atoms with Crippen LogP contribution in [0.1, 0.15) is 40.7 Å². The minimum absolute atomic E-state index is 0.576. The van der Waals surface area contributed by atoms with Crippen LogP contribution >= 0.6 is 0 Å². The second kappa shape index (κ2) is 7.03. The molecule has 1 heterocycles. The Kier molecular flexibility index (Phi) is 4.81. The first kappa shape index (κ1) is 17.1. The van der Waals surface area contributed by atoms with Crippen LogP contribution in [0.2, 0.25) is 0 Å². The average molecular weight is 335 g/mol. The lowest BCUT2D eigenvalue weighted by Crippen LogP contribution is -2.30. The highest BCUT2D eigenvalue weighted by molar-refractivity contribution is 5.74. The molecule has 0 saturated carbocycles. The fraction of sp³-hybridized carbons (Fsp3) is 0.238. The van der Waals surface area contributed by atoms with Crippen molar-refractivity contribution in [3.8, 4) is 11.5 Å². The summed E-state index contributed by atoms with van der Waals surface area (Å²) in [6, 6.07) is 17.2. The van der Waals surface area contributed by atoms with Crippen molar-refractivity contribution in [3.05, 3.63) is 77.2 Å². The van der Waals surface area contributed by atoms with E-state index in [1.54, 1.807) is 19.2 Å². The predicted molar refractivity (Wildman–Crippen MR) is 96.6 cm³/mol. The molecule has 0 aliphatic heterocycles. The second-order valence-electron chi connectivity index (χ2n) is 5.91. The van der Waals surface area contributed by atoms with Crippen molar-refractivity contribution in [1.82, 2.24) is 4.98 Å². The van der Waals surface area contributed by atoms with Gasteiger partial charge in [0.05, 0.1) is 0 Å². The average Bonchev–Trinajstić information content (AvgIpc) is 3.07. The molecule has 0 aliphatic rings. The summed E-state index contributed by atoms with van der Waals surface area (Å²) in [7, 11) is 1.67. The first-order valence-electron chi connectivity index (χ1n) is 8.28. The number of ether oxygens (including phenoxy) is 1. The van der Waals surface area contributed by atoms with Crippen LogP contribution < -0.4 is 0 Å². The first-order valence-corrected chi connectivity index (χ1v) is 8.28. The fourth-order valence-corrected chi connectivity index (χ4v) is 3.17. The minimum atomic E-state index is -0.720. The van der Waals surface area contributed by atoms with Gasteiger partial charge in [0.1, 0.15) is 23.3 Å². The van der Waals surface area contributed by atoms with Crippen molar-refractivity contribution in [1.29, 1.82) is 0 Å². The van der Waals surface area contributed by atoms with Gasteiger partial charge in [-0.2, -0.15) is 0 Å². The first-order chi connectivity index (χ1) is 12.1. The summed E-state index contributed by atoms with van der Waals surface area (Å²) in [5, 5.41) is 0. The smallest absolute Gasteiger partial charge is 0.226 e. The van der Waals surface area contributed by atoms with Crippen LogP contribution in [-0.4, -0.2) is 18.4 Å². The highest BCUT2D eigenvalue weighted by Gasteiger charge is 2.38. The van der Waals surface area contributed by atoms with Crippen molar-refractivity contribution in [2.45, 2.75) is 25.9 Å². The number of benzene rings is 2. The fourth-order valence-electron chi connectivity index (χ4n) is 3.17. The van der Waals surface area contributed by atoms with Crippen LogP contribution in [0.4, 0.5) is 0 Å². The number of nitrogens with zero attached hydrogens (tertiary/aromatic N) is 1. The standard InChI is InChI=1S/C21H21NO3/c1-4-21(24-3,18-12-10-16(14-23)11-13-18)19-15(2)25-20(22-19)17-8-6-5-7-9-17/h5-14H,4H2,1-3H3. The summed E-state index contributed by atoms with van der Waals surface area (Å²) in [6.45, 7) is 3.95. The Labute approximate surface area is 147 Å². The van der Waals surface area contributed by atoms with Crippen LogP contribution in [0, 0.1) is 6.92 Å². The maximum Gasteiger partial charge on any atom is 0.226 e. The third kappa shape index (κ3) is 3.01. The molecule has 0 saturated heterocycles. The molecule has 0 fully saturated rings. The van der Waals surface area contributed by atoms with Crippen molar-refractivity contribution in [2.75, 3.05) is 7.11 Å². The van der Waals surface area contributed by atoms with Gasteiger partial charge < -0.3 is 9.15 Å². The van der Waals surface area contributed by atoms with Gasteiger partial charge in [-0.25, -0.2) is 4.98 Å². The van der Waals surface area contributed by atoms with E-state index in [1.807, 2.05) is 56.3 Å². The number of aldehydes is 1. The van der Waals surface area contributed by atoms with Gasteiger partial charge in [-0.05, 0) is 31.0 Å². The Morgan fingerprint density at radius 1 is 1.12 bits per heavy atom. The number of carbonyl (C=O) groups is 1. The second-order valence-corrected chi connectivity index (χ2v) is 5.91. The zero-order valence-corrected chi connectivity index (χ0v) is 14.7. The summed E-state index contributed by atoms with van der Waals surface area (Å²) in [5.74, 6) is 1.30. The van der Waals surface area contributed by atoms with E-state index in [4.69, 9.17) is 14.1 Å². The highest BCUT2D eigenvalue weighted by atomic mass is 16.5. The van der Waals surface area contributed by atoms with Crippen molar-refractivity contribution in [2.24, 2.45) is 0 Å². The minimum Gasteiger partial charge on any atom is -0.441 e. The quantitative estimate of drug-likeness (QED) is 0.609. The van der Waals surface area contributed by atoms with Gasteiger partial charge >= 0.3 is 0 Å². The van der Waals surface area contributed by atoms with Crippen LogP contribution in [0.5, 0.6) is 0 Å². The van der Waals surface area contributed by atoms with Crippen molar-refractivity contribution >= 4 is 6.29 Å². The molecule has 3 rings (SSSR count). The Hall–Kier alpha value is -2.72.